The van der Waals surface area contributed by atoms with Gasteiger partial charge in [-0.3, -0.25) is 4.90 Å². The minimum Gasteiger partial charge on any atom is -0.497 e. The van der Waals surface area contributed by atoms with Crippen LogP contribution in [0.1, 0.15) is 18.9 Å². The monoisotopic (exact) mass is 424 g/mol. The lowest BCUT2D eigenvalue weighted by Gasteiger charge is -2.24. The number of likely N-dealkylation sites (N-methyl/N-ethyl adjacent to an activating group) is 1. The summed E-state index contributed by atoms with van der Waals surface area (Å²) in [7, 11) is 3.62. The minimum absolute atomic E-state index is 0.136. The number of rotatable bonds is 7. The van der Waals surface area contributed by atoms with Crippen LogP contribution >= 0.6 is 0 Å². The zero-order valence-electron chi connectivity index (χ0n) is 18.2. The number of aromatic nitrogens is 2. The van der Waals surface area contributed by atoms with Crippen molar-refractivity contribution in [2.24, 2.45) is 0 Å². The van der Waals surface area contributed by atoms with Gasteiger partial charge in [-0.05, 0) is 43.7 Å². The Hall–Kier alpha value is -2.97. The van der Waals surface area contributed by atoms with Gasteiger partial charge < -0.3 is 19.2 Å². The van der Waals surface area contributed by atoms with Gasteiger partial charge in [-0.2, -0.15) is 0 Å². The first-order valence-electron chi connectivity index (χ1n) is 10.6. The van der Waals surface area contributed by atoms with Gasteiger partial charge in [0, 0.05) is 37.9 Å². The lowest BCUT2D eigenvalue weighted by atomic mass is 10.1. The average molecular weight is 425 g/mol. The van der Waals surface area contributed by atoms with E-state index in [2.05, 4.69) is 19.8 Å². The van der Waals surface area contributed by atoms with Crippen molar-refractivity contribution >= 4 is 16.7 Å². The second kappa shape index (κ2) is 9.03. The van der Waals surface area contributed by atoms with Crippen LogP contribution in [-0.4, -0.2) is 66.4 Å². The maximum absolute atomic E-state index is 12.9. The van der Waals surface area contributed by atoms with Gasteiger partial charge in [-0.25, -0.2) is 14.8 Å². The van der Waals surface area contributed by atoms with Crippen molar-refractivity contribution in [2.75, 3.05) is 45.3 Å². The Morgan fingerprint density at radius 3 is 2.97 bits per heavy atom. The number of methoxy groups -OCH3 is 1. The summed E-state index contributed by atoms with van der Waals surface area (Å²) in [6.07, 6.45) is 3.38. The zero-order chi connectivity index (χ0) is 22.0. The van der Waals surface area contributed by atoms with E-state index in [1.807, 2.05) is 32.2 Å². The molecule has 1 saturated heterocycles. The Labute approximate surface area is 181 Å². The molecule has 1 N–H and O–H groups in total. The highest BCUT2D eigenvalue weighted by atomic mass is 16.5. The first-order chi connectivity index (χ1) is 15.0. The van der Waals surface area contributed by atoms with Crippen LogP contribution in [0.25, 0.3) is 22.4 Å². The summed E-state index contributed by atoms with van der Waals surface area (Å²) in [5.74, 6) is 1.66. The molecule has 2 aromatic heterocycles. The van der Waals surface area contributed by atoms with Gasteiger partial charge in [-0.15, -0.1) is 0 Å². The number of hydrogen-bond donors (Lipinski definition) is 1. The fourth-order valence-corrected chi connectivity index (χ4v) is 4.21. The summed E-state index contributed by atoms with van der Waals surface area (Å²) in [5, 5.41) is 9.72. The molecular weight excluding hydrogens is 396 g/mol. The molecule has 0 saturated carbocycles. The lowest BCUT2D eigenvalue weighted by molar-refractivity contribution is 0.188. The number of hydrogen-bond acceptors (Lipinski definition) is 8. The van der Waals surface area contributed by atoms with Crippen LogP contribution in [0.4, 0.5) is 5.82 Å². The van der Waals surface area contributed by atoms with Crippen LogP contribution in [0, 0.1) is 0 Å². The van der Waals surface area contributed by atoms with Crippen LogP contribution < -0.4 is 15.3 Å². The lowest BCUT2D eigenvalue weighted by Crippen LogP contribution is -2.36. The molecule has 1 fully saturated rings. The molecule has 4 rings (SSSR count). The minimum atomic E-state index is -0.406. The second-order valence-corrected chi connectivity index (χ2v) is 7.81. The van der Waals surface area contributed by atoms with Gasteiger partial charge in [0.15, 0.2) is 0 Å². The number of ether oxygens (including phenoxy) is 1. The highest BCUT2D eigenvalue weighted by molar-refractivity contribution is 5.84. The standard InChI is InChI=1S/C23H28N4O4/c1-4-15-12-17(30-3)13-19-20(15)23(29)31-22(25-19)18-6-5-8-24-21(18)27-9-7-16(14-27)26(2)10-11-28/h5-6,8,12-13,16,28H,4,7,9-11,14H2,1-3H3/t16-/m1/s1. The molecule has 8 heteroatoms. The predicted molar refractivity (Wildman–Crippen MR) is 120 cm³/mol. The smallest absolute Gasteiger partial charge is 0.347 e. The molecule has 31 heavy (non-hydrogen) atoms. The summed E-state index contributed by atoms with van der Waals surface area (Å²) in [5.41, 5.74) is 1.69. The van der Waals surface area contributed by atoms with Crippen LogP contribution in [0.3, 0.4) is 0 Å². The molecule has 3 aromatic rings. The quantitative estimate of drug-likeness (QED) is 0.618. The van der Waals surface area contributed by atoms with E-state index in [1.54, 1.807) is 19.4 Å². The molecule has 0 aliphatic carbocycles. The van der Waals surface area contributed by atoms with Crippen molar-refractivity contribution in [3.63, 3.8) is 0 Å². The Morgan fingerprint density at radius 1 is 1.39 bits per heavy atom. The van der Waals surface area contributed by atoms with Gasteiger partial charge in [0.25, 0.3) is 0 Å². The van der Waals surface area contributed by atoms with Gasteiger partial charge in [0.2, 0.25) is 5.89 Å². The molecule has 0 amide bonds. The maximum Gasteiger partial charge on any atom is 0.347 e. The van der Waals surface area contributed by atoms with Gasteiger partial charge in [-0.1, -0.05) is 6.92 Å². The Morgan fingerprint density at radius 2 is 2.23 bits per heavy atom. The van der Waals surface area contributed by atoms with Crippen molar-refractivity contribution in [2.45, 2.75) is 25.8 Å². The molecule has 1 atom stereocenters. The molecule has 3 heterocycles. The average Bonchev–Trinajstić information content (AvgIpc) is 3.28. The molecule has 0 radical (unpaired) electrons. The van der Waals surface area contributed by atoms with Crippen molar-refractivity contribution in [1.29, 1.82) is 0 Å². The van der Waals surface area contributed by atoms with E-state index >= 15 is 0 Å². The van der Waals surface area contributed by atoms with Crippen LogP contribution in [-0.2, 0) is 6.42 Å². The van der Waals surface area contributed by atoms with Gasteiger partial charge in [0.05, 0.1) is 30.2 Å². The van der Waals surface area contributed by atoms with E-state index in [-0.39, 0.29) is 12.5 Å². The zero-order valence-corrected chi connectivity index (χ0v) is 18.2. The van der Waals surface area contributed by atoms with E-state index < -0.39 is 5.63 Å². The van der Waals surface area contributed by atoms with Crippen molar-refractivity contribution in [3.05, 3.63) is 46.4 Å². The largest absolute Gasteiger partial charge is 0.497 e. The SMILES string of the molecule is CCc1cc(OC)cc2nc(-c3cccnc3N3CC[C@@H](N(C)CCO)C3)oc(=O)c12. The van der Waals surface area contributed by atoms with E-state index in [9.17, 15) is 9.90 Å². The molecule has 0 bridgehead atoms. The fraction of sp³-hybridized carbons (Fsp3) is 0.435. The number of aliphatic hydroxyl groups is 1. The van der Waals surface area contributed by atoms with Crippen molar-refractivity contribution in [1.82, 2.24) is 14.9 Å². The summed E-state index contributed by atoms with van der Waals surface area (Å²) in [6.45, 7) is 4.37. The summed E-state index contributed by atoms with van der Waals surface area (Å²) in [4.78, 5) is 26.5. The number of anilines is 1. The van der Waals surface area contributed by atoms with Crippen LogP contribution in [0.15, 0.2) is 39.7 Å². The molecule has 1 aliphatic heterocycles. The van der Waals surface area contributed by atoms with Crippen LogP contribution in [0.5, 0.6) is 5.75 Å². The first-order valence-corrected chi connectivity index (χ1v) is 10.6. The molecule has 8 nitrogen and oxygen atoms in total. The molecule has 0 spiro atoms. The predicted octanol–water partition coefficient (Wildman–Crippen LogP) is 2.32. The number of aryl methyl sites for hydroxylation is 1. The Bertz CT molecular complexity index is 1130. The van der Waals surface area contributed by atoms with E-state index in [1.165, 1.54) is 0 Å². The molecular formula is C23H28N4O4. The third-order valence-corrected chi connectivity index (χ3v) is 5.96. The number of aliphatic hydroxyl groups excluding tert-OH is 1. The summed E-state index contributed by atoms with van der Waals surface area (Å²) < 4.78 is 11.1. The summed E-state index contributed by atoms with van der Waals surface area (Å²) in [6, 6.07) is 7.64. The molecule has 0 unspecified atom stereocenters. The number of pyridine rings is 1. The first kappa shape index (κ1) is 21.3. The molecule has 1 aromatic carbocycles. The number of benzene rings is 1. The second-order valence-electron chi connectivity index (χ2n) is 7.81. The highest BCUT2D eigenvalue weighted by Crippen LogP contribution is 2.32. The Balaban J connectivity index is 1.75. The normalized spacial score (nSPS) is 16.4. The van der Waals surface area contributed by atoms with E-state index in [4.69, 9.17) is 9.15 Å². The molecule has 1 aliphatic rings. The van der Waals surface area contributed by atoms with Gasteiger partial charge >= 0.3 is 5.63 Å². The number of fused-ring (bicyclic) bond motifs is 1. The third-order valence-electron chi connectivity index (χ3n) is 5.96. The fourth-order valence-electron chi connectivity index (χ4n) is 4.21. The van der Waals surface area contributed by atoms with Crippen molar-refractivity contribution < 1.29 is 14.3 Å². The number of nitrogens with zero attached hydrogens (tertiary/aromatic N) is 4. The maximum atomic E-state index is 12.9. The topological polar surface area (TPSA) is 91.9 Å². The van der Waals surface area contributed by atoms with Gasteiger partial charge in [0.1, 0.15) is 11.6 Å². The van der Waals surface area contributed by atoms with E-state index in [0.29, 0.717) is 41.2 Å². The van der Waals surface area contributed by atoms with Crippen molar-refractivity contribution in [3.8, 4) is 17.2 Å². The highest BCUT2D eigenvalue weighted by Gasteiger charge is 2.28. The third kappa shape index (κ3) is 4.13. The summed E-state index contributed by atoms with van der Waals surface area (Å²) >= 11 is 0. The van der Waals surface area contributed by atoms with E-state index in [0.717, 1.165) is 30.9 Å². The van der Waals surface area contributed by atoms with Crippen LogP contribution in [0.2, 0.25) is 0 Å². The Kier molecular flexibility index (Phi) is 6.20. The molecule has 164 valence electrons.